The number of hydrogen-bond donors (Lipinski definition) is 1. The summed E-state index contributed by atoms with van der Waals surface area (Å²) in [4.78, 5) is 0. The van der Waals surface area contributed by atoms with Gasteiger partial charge in [-0.2, -0.15) is 0 Å². The van der Waals surface area contributed by atoms with Gasteiger partial charge in [0.15, 0.2) is 0 Å². The van der Waals surface area contributed by atoms with Crippen LogP contribution in [0.4, 0.5) is 0 Å². The van der Waals surface area contributed by atoms with Gasteiger partial charge in [-0.25, -0.2) is 0 Å². The summed E-state index contributed by atoms with van der Waals surface area (Å²) >= 11 is 0. The molecule has 0 saturated heterocycles. The number of aliphatic hydroxyl groups excluding tert-OH is 1. The Bertz CT molecular complexity index is 180. The van der Waals surface area contributed by atoms with E-state index in [0.717, 1.165) is 5.57 Å². The Hall–Kier alpha value is -1.02. The predicted molar refractivity (Wildman–Crippen MR) is 50.7 cm³/mol. The molecular formula is C10H16O2. The van der Waals surface area contributed by atoms with Crippen LogP contribution in [0.1, 0.15) is 13.3 Å². The van der Waals surface area contributed by atoms with Crippen molar-refractivity contribution in [2.24, 2.45) is 0 Å². The zero-order valence-corrected chi connectivity index (χ0v) is 7.55. The van der Waals surface area contributed by atoms with Crippen molar-refractivity contribution in [3.8, 4) is 0 Å². The Balaban J connectivity index is 3.83. The van der Waals surface area contributed by atoms with Crippen LogP contribution in [0.25, 0.3) is 0 Å². The van der Waals surface area contributed by atoms with Crippen molar-refractivity contribution in [1.82, 2.24) is 0 Å². The van der Waals surface area contributed by atoms with Crippen LogP contribution in [0.2, 0.25) is 0 Å². The molecule has 0 saturated carbocycles. The standard InChI is InChI=1S/C10H16O2/c1-4-10(8-9(2)3)12-7-5-6-11/h4,8,11H,1-2,5-7H2,3H3/b10-8+. The lowest BCUT2D eigenvalue weighted by molar-refractivity contribution is 0.184. The molecule has 0 fully saturated rings. The van der Waals surface area contributed by atoms with Gasteiger partial charge in [0.05, 0.1) is 6.61 Å². The van der Waals surface area contributed by atoms with Gasteiger partial charge >= 0.3 is 0 Å². The van der Waals surface area contributed by atoms with Crippen LogP contribution in [0.15, 0.2) is 36.6 Å². The van der Waals surface area contributed by atoms with Gasteiger partial charge in [-0.3, -0.25) is 0 Å². The summed E-state index contributed by atoms with van der Waals surface area (Å²) < 4.78 is 5.26. The van der Waals surface area contributed by atoms with Crippen molar-refractivity contribution < 1.29 is 9.84 Å². The SMILES string of the molecule is C=C/C(=C\C(=C)C)OCCCO. The van der Waals surface area contributed by atoms with E-state index in [0.29, 0.717) is 18.8 Å². The maximum Gasteiger partial charge on any atom is 0.118 e. The van der Waals surface area contributed by atoms with Gasteiger partial charge in [0.2, 0.25) is 0 Å². The highest BCUT2D eigenvalue weighted by molar-refractivity contribution is 5.21. The molecule has 0 aromatic carbocycles. The predicted octanol–water partition coefficient (Wildman–Crippen LogP) is 2.03. The van der Waals surface area contributed by atoms with E-state index in [1.807, 2.05) is 13.0 Å². The van der Waals surface area contributed by atoms with Crippen molar-refractivity contribution in [1.29, 1.82) is 0 Å². The van der Waals surface area contributed by atoms with Crippen LogP contribution in [-0.2, 0) is 4.74 Å². The lowest BCUT2D eigenvalue weighted by Gasteiger charge is -2.04. The molecule has 0 rings (SSSR count). The second kappa shape index (κ2) is 6.68. The monoisotopic (exact) mass is 168 g/mol. The van der Waals surface area contributed by atoms with Crippen LogP contribution in [0, 0.1) is 0 Å². The van der Waals surface area contributed by atoms with Gasteiger partial charge in [-0.15, -0.1) is 0 Å². The lowest BCUT2D eigenvalue weighted by Crippen LogP contribution is -1.95. The second-order valence-corrected chi connectivity index (χ2v) is 2.52. The highest BCUT2D eigenvalue weighted by Gasteiger charge is 1.91. The zero-order valence-electron chi connectivity index (χ0n) is 7.55. The van der Waals surface area contributed by atoms with Gasteiger partial charge < -0.3 is 9.84 Å². The maximum atomic E-state index is 8.49. The quantitative estimate of drug-likeness (QED) is 0.373. The minimum Gasteiger partial charge on any atom is -0.494 e. The molecule has 0 unspecified atom stereocenters. The maximum absolute atomic E-state index is 8.49. The van der Waals surface area contributed by atoms with Crippen LogP contribution < -0.4 is 0 Å². The Morgan fingerprint density at radius 3 is 2.67 bits per heavy atom. The molecule has 2 heteroatoms. The molecule has 0 aromatic heterocycles. The van der Waals surface area contributed by atoms with E-state index in [4.69, 9.17) is 9.84 Å². The molecule has 68 valence electrons. The Morgan fingerprint density at radius 2 is 2.25 bits per heavy atom. The van der Waals surface area contributed by atoms with Crippen molar-refractivity contribution >= 4 is 0 Å². The summed E-state index contributed by atoms with van der Waals surface area (Å²) in [5.74, 6) is 0.705. The lowest BCUT2D eigenvalue weighted by atomic mass is 10.3. The Labute approximate surface area is 73.9 Å². The van der Waals surface area contributed by atoms with E-state index in [1.54, 1.807) is 6.08 Å². The molecule has 0 atom stereocenters. The molecule has 0 heterocycles. The van der Waals surface area contributed by atoms with Crippen LogP contribution in [0.3, 0.4) is 0 Å². The fourth-order valence-corrected chi connectivity index (χ4v) is 0.657. The summed E-state index contributed by atoms with van der Waals surface area (Å²) in [7, 11) is 0. The average Bonchev–Trinajstić information content (AvgIpc) is 2.02. The van der Waals surface area contributed by atoms with Crippen molar-refractivity contribution in [2.45, 2.75) is 13.3 Å². The minimum absolute atomic E-state index is 0.150. The topological polar surface area (TPSA) is 29.5 Å². The van der Waals surface area contributed by atoms with Gasteiger partial charge in [-0.05, 0) is 19.1 Å². The van der Waals surface area contributed by atoms with Crippen molar-refractivity contribution in [2.75, 3.05) is 13.2 Å². The van der Waals surface area contributed by atoms with Gasteiger partial charge in [-0.1, -0.05) is 18.7 Å². The molecule has 0 aliphatic heterocycles. The molecule has 0 spiro atoms. The molecule has 0 aliphatic carbocycles. The number of allylic oxidation sites excluding steroid dienone is 3. The van der Waals surface area contributed by atoms with Gasteiger partial charge in [0.1, 0.15) is 5.76 Å². The fraction of sp³-hybridized carbons (Fsp3) is 0.400. The summed E-state index contributed by atoms with van der Waals surface area (Å²) in [5.41, 5.74) is 0.925. The third kappa shape index (κ3) is 5.74. The molecule has 1 N–H and O–H groups in total. The summed E-state index contributed by atoms with van der Waals surface area (Å²) in [6, 6.07) is 0. The van der Waals surface area contributed by atoms with Crippen LogP contribution >= 0.6 is 0 Å². The molecule has 12 heavy (non-hydrogen) atoms. The first-order valence-electron chi connectivity index (χ1n) is 3.94. The van der Waals surface area contributed by atoms with Gasteiger partial charge in [0, 0.05) is 13.0 Å². The van der Waals surface area contributed by atoms with E-state index >= 15 is 0 Å². The number of hydrogen-bond acceptors (Lipinski definition) is 2. The number of rotatable bonds is 6. The molecule has 2 nitrogen and oxygen atoms in total. The second-order valence-electron chi connectivity index (χ2n) is 2.52. The van der Waals surface area contributed by atoms with Crippen LogP contribution in [0.5, 0.6) is 0 Å². The van der Waals surface area contributed by atoms with E-state index in [2.05, 4.69) is 13.2 Å². The fourth-order valence-electron chi connectivity index (χ4n) is 0.657. The molecule has 0 aliphatic rings. The van der Waals surface area contributed by atoms with Crippen molar-refractivity contribution in [3.05, 3.63) is 36.6 Å². The highest BCUT2D eigenvalue weighted by atomic mass is 16.5. The van der Waals surface area contributed by atoms with E-state index in [-0.39, 0.29) is 6.61 Å². The number of ether oxygens (including phenoxy) is 1. The van der Waals surface area contributed by atoms with Gasteiger partial charge in [0.25, 0.3) is 0 Å². The van der Waals surface area contributed by atoms with E-state index in [1.165, 1.54) is 0 Å². The number of aliphatic hydroxyl groups is 1. The van der Waals surface area contributed by atoms with E-state index in [9.17, 15) is 0 Å². The zero-order chi connectivity index (χ0) is 9.40. The first-order chi connectivity index (χ1) is 5.70. The van der Waals surface area contributed by atoms with Crippen LogP contribution in [-0.4, -0.2) is 18.3 Å². The Morgan fingerprint density at radius 1 is 1.58 bits per heavy atom. The smallest absolute Gasteiger partial charge is 0.118 e. The molecule has 0 amide bonds. The molecule has 0 bridgehead atoms. The largest absolute Gasteiger partial charge is 0.494 e. The summed E-state index contributed by atoms with van der Waals surface area (Å²) in [5, 5.41) is 8.49. The minimum atomic E-state index is 0.150. The normalized spacial score (nSPS) is 11.0. The summed E-state index contributed by atoms with van der Waals surface area (Å²) in [6.07, 6.45) is 4.08. The molecule has 0 radical (unpaired) electrons. The third-order valence-electron chi connectivity index (χ3n) is 1.16. The molecular weight excluding hydrogens is 152 g/mol. The van der Waals surface area contributed by atoms with Crippen molar-refractivity contribution in [3.63, 3.8) is 0 Å². The third-order valence-corrected chi connectivity index (χ3v) is 1.16. The first-order valence-corrected chi connectivity index (χ1v) is 3.94. The molecule has 0 aromatic rings. The first kappa shape index (κ1) is 11.0. The van der Waals surface area contributed by atoms with E-state index < -0.39 is 0 Å². The Kier molecular flexibility index (Phi) is 6.11. The summed E-state index contributed by atoms with van der Waals surface area (Å²) in [6.45, 7) is 9.87. The average molecular weight is 168 g/mol. The highest BCUT2D eigenvalue weighted by Crippen LogP contribution is 2.03.